The molecule has 610 valence electrons. The van der Waals surface area contributed by atoms with Crippen LogP contribution in [0, 0.1) is 0 Å². The van der Waals surface area contributed by atoms with Gasteiger partial charge in [0.25, 0.3) is 6.71 Å². The molecule has 1 unspecified atom stereocenters. The summed E-state index contributed by atoms with van der Waals surface area (Å²) in [6.45, 7) is 42.4. The monoisotopic (exact) mass is 1600 g/mol. The van der Waals surface area contributed by atoms with Crippen LogP contribution < -0.4 is 26.2 Å². The minimum Gasteiger partial charge on any atom is -0.310 e. The van der Waals surface area contributed by atoms with Gasteiger partial charge in [-0.25, -0.2) is 0 Å². The van der Waals surface area contributed by atoms with Crippen molar-refractivity contribution in [1.29, 1.82) is 0 Å². The molecule has 0 radical (unpaired) electrons. The van der Waals surface area contributed by atoms with Crippen LogP contribution in [-0.4, -0.2) is 6.71 Å². The van der Waals surface area contributed by atoms with Crippen molar-refractivity contribution >= 4 is 57.2 Å². The second-order valence-corrected chi connectivity index (χ2v) is 41.3. The van der Waals surface area contributed by atoms with Gasteiger partial charge in [0.1, 0.15) is 0 Å². The van der Waals surface area contributed by atoms with E-state index in [1.807, 2.05) is 0 Å². The quantitative estimate of drug-likeness (QED) is 0.113. The summed E-state index contributed by atoms with van der Waals surface area (Å²) in [7, 11) is 0. The van der Waals surface area contributed by atoms with Gasteiger partial charge < -0.3 is 9.80 Å². The molecule has 1 atom stereocenters. The topological polar surface area (TPSA) is 6.48 Å². The van der Waals surface area contributed by atoms with Crippen LogP contribution in [0.15, 0.2) is 358 Å². The average Bonchev–Trinajstić information content (AvgIpc) is 1.61. The van der Waals surface area contributed by atoms with Crippen LogP contribution in [0.4, 0.5) is 34.1 Å². The Bertz CT molecular complexity index is 6310. The molecule has 3 aliphatic rings. The number of nitrogens with zero attached hydrogens (tertiary/aromatic N) is 2. The molecule has 0 aromatic heterocycles. The van der Waals surface area contributed by atoms with Crippen LogP contribution >= 0.6 is 0 Å². The number of hydrogen-bond donors (Lipinski definition) is 0. The van der Waals surface area contributed by atoms with Crippen LogP contribution in [0.5, 0.6) is 0 Å². The molecular formula is C121H113BN2. The first-order valence-electron chi connectivity index (χ1n) is 44.7. The molecular weight excluding hydrogens is 1490 g/mol. The van der Waals surface area contributed by atoms with E-state index in [-0.39, 0.29) is 39.2 Å². The van der Waals surface area contributed by atoms with Gasteiger partial charge in [-0.05, 0) is 231 Å². The second kappa shape index (κ2) is 30.3. The fourth-order valence-corrected chi connectivity index (χ4v) is 19.9. The highest BCUT2D eigenvalue weighted by Gasteiger charge is 2.50. The Balaban J connectivity index is 1.04. The molecule has 1 aliphatic carbocycles. The van der Waals surface area contributed by atoms with Crippen molar-refractivity contribution in [1.82, 2.24) is 0 Å². The van der Waals surface area contributed by atoms with Crippen molar-refractivity contribution in [2.45, 2.75) is 163 Å². The molecule has 2 aliphatic heterocycles. The SMILES string of the molecule is CC(C)(C)c1cc(-c2ccc3c(c2)B2c4cc(-c5cc(C(C)(C)C)cc(C(C)(C)C)c5)ccc4N(c4c(-c5ccccc5)cc(C(C)(C)C)cc4-c4ccccc4)c4cc(-c5cccc6c5C(c5ccccc5)(c5ccc(-c7ccccc7)cc5)c5ccccc5-6)cc(c42)N3c2c(-c3ccccc3)cc(C(C)(C)C)cc2-c2ccccc2)cc(C(C)(C)C)c1. The van der Waals surface area contributed by atoms with Gasteiger partial charge in [-0.1, -0.05) is 434 Å². The lowest BCUT2D eigenvalue weighted by atomic mass is 9.33. The maximum absolute atomic E-state index is 2.78. The van der Waals surface area contributed by atoms with Gasteiger partial charge in [-0.3, -0.25) is 0 Å². The molecule has 0 fully saturated rings. The summed E-state index contributed by atoms with van der Waals surface area (Å²) in [5, 5.41) is 0. The zero-order chi connectivity index (χ0) is 86.3. The summed E-state index contributed by atoms with van der Waals surface area (Å²) in [4.78, 5) is 5.56. The van der Waals surface area contributed by atoms with Gasteiger partial charge in [0.05, 0.1) is 16.8 Å². The van der Waals surface area contributed by atoms with Gasteiger partial charge in [-0.15, -0.1) is 0 Å². The van der Waals surface area contributed by atoms with Crippen LogP contribution in [0.3, 0.4) is 0 Å². The Morgan fingerprint density at radius 2 is 0.500 bits per heavy atom. The molecule has 0 N–H and O–H groups in total. The molecule has 2 nitrogen and oxygen atoms in total. The highest BCUT2D eigenvalue weighted by Crippen LogP contribution is 2.62. The van der Waals surface area contributed by atoms with E-state index in [0.29, 0.717) is 0 Å². The van der Waals surface area contributed by atoms with Gasteiger partial charge in [0.15, 0.2) is 0 Å². The highest BCUT2D eigenvalue weighted by molar-refractivity contribution is 7.00. The Morgan fingerprint density at radius 3 is 0.871 bits per heavy atom. The fourth-order valence-electron chi connectivity index (χ4n) is 19.9. The number of hydrogen-bond acceptors (Lipinski definition) is 2. The molecule has 19 rings (SSSR count). The maximum atomic E-state index is 2.78. The van der Waals surface area contributed by atoms with Crippen molar-refractivity contribution < 1.29 is 0 Å². The molecule has 0 saturated heterocycles. The molecule has 3 heteroatoms. The van der Waals surface area contributed by atoms with E-state index in [9.17, 15) is 0 Å². The zero-order valence-corrected chi connectivity index (χ0v) is 75.5. The van der Waals surface area contributed by atoms with Crippen LogP contribution in [-0.2, 0) is 37.9 Å². The number of fused-ring (bicyclic) bond motifs is 7. The molecule has 0 spiro atoms. The van der Waals surface area contributed by atoms with Crippen molar-refractivity contribution in [3.8, 4) is 100 Å². The number of rotatable bonds is 12. The summed E-state index contributed by atoms with van der Waals surface area (Å²) in [6, 6.07) is 139. The Kier molecular flexibility index (Phi) is 19.8. The third-order valence-electron chi connectivity index (χ3n) is 26.8. The average molecular weight is 1610 g/mol. The van der Waals surface area contributed by atoms with Gasteiger partial charge >= 0.3 is 0 Å². The minimum atomic E-state index is -0.804. The van der Waals surface area contributed by atoms with Crippen molar-refractivity contribution in [2.75, 3.05) is 9.80 Å². The van der Waals surface area contributed by atoms with E-state index in [2.05, 4.69) is 492 Å². The van der Waals surface area contributed by atoms with E-state index in [1.165, 1.54) is 117 Å². The summed E-state index contributed by atoms with van der Waals surface area (Å²) >= 11 is 0. The molecule has 0 bridgehead atoms. The van der Waals surface area contributed by atoms with Crippen LogP contribution in [0.25, 0.3) is 100 Å². The molecule has 16 aromatic carbocycles. The molecule has 0 saturated carbocycles. The lowest BCUT2D eigenvalue weighted by molar-refractivity contribution is 0.568. The Hall–Kier alpha value is -12.8. The van der Waals surface area contributed by atoms with Gasteiger partial charge in [0, 0.05) is 45.0 Å². The Labute approximate surface area is 738 Å². The van der Waals surface area contributed by atoms with E-state index in [4.69, 9.17) is 0 Å². The highest BCUT2D eigenvalue weighted by atomic mass is 15.2. The lowest BCUT2D eigenvalue weighted by Gasteiger charge is -2.46. The molecule has 2 heterocycles. The van der Waals surface area contributed by atoms with E-state index in [1.54, 1.807) is 0 Å². The van der Waals surface area contributed by atoms with Crippen LogP contribution in [0.1, 0.15) is 180 Å². The molecule has 16 aromatic rings. The molecule has 124 heavy (non-hydrogen) atoms. The summed E-state index contributed by atoms with van der Waals surface area (Å²) in [5.74, 6) is 0. The zero-order valence-electron chi connectivity index (χ0n) is 75.5. The first-order chi connectivity index (χ1) is 59.3. The van der Waals surface area contributed by atoms with E-state index >= 15 is 0 Å². The summed E-state index contributed by atoms with van der Waals surface area (Å²) in [6.07, 6.45) is 0. The normalized spacial score (nSPS) is 14.4. The predicted octanol–water partition coefficient (Wildman–Crippen LogP) is 31.3. The first kappa shape index (κ1) is 80.9. The van der Waals surface area contributed by atoms with Gasteiger partial charge in [-0.2, -0.15) is 0 Å². The summed E-state index contributed by atoms with van der Waals surface area (Å²) in [5.41, 5.74) is 42.4. The fraction of sp³-hybridized carbons (Fsp3) is 0.207. The van der Waals surface area contributed by atoms with E-state index < -0.39 is 5.41 Å². The van der Waals surface area contributed by atoms with Crippen molar-refractivity contribution in [3.05, 3.63) is 414 Å². The van der Waals surface area contributed by atoms with Crippen molar-refractivity contribution in [3.63, 3.8) is 0 Å². The minimum absolute atomic E-state index is 0.134. The third kappa shape index (κ3) is 14.2. The third-order valence-corrected chi connectivity index (χ3v) is 26.8. The summed E-state index contributed by atoms with van der Waals surface area (Å²) < 4.78 is 0. The number of benzene rings is 16. The smallest absolute Gasteiger partial charge is 0.252 e. The largest absolute Gasteiger partial charge is 0.310 e. The second-order valence-electron chi connectivity index (χ2n) is 41.3. The predicted molar refractivity (Wildman–Crippen MR) is 533 cm³/mol. The van der Waals surface area contributed by atoms with Crippen molar-refractivity contribution in [2.24, 2.45) is 0 Å². The Morgan fingerprint density at radius 1 is 0.202 bits per heavy atom. The van der Waals surface area contributed by atoms with Gasteiger partial charge in [0.2, 0.25) is 0 Å². The maximum Gasteiger partial charge on any atom is 0.252 e. The van der Waals surface area contributed by atoms with E-state index in [0.717, 1.165) is 89.8 Å². The molecule has 0 amide bonds. The first-order valence-corrected chi connectivity index (χ1v) is 44.7. The van der Waals surface area contributed by atoms with Crippen LogP contribution in [0.2, 0.25) is 0 Å². The lowest BCUT2D eigenvalue weighted by Crippen LogP contribution is -2.61. The standard InChI is InChI=1S/C121H113BN2/c1-115(2,3)91-64-86(65-92(72-91)116(4,5)6)84-58-62-107-105(68-84)122-106-69-85(87-66-93(117(7,8)9)73-94(67-87)118(10,11)12)59-63-108(106)124(114-102(82-46-31-22-32-47-82)76-96(120(16,17)18)77-103(114)83-48-33-23-34-49-83)110-71-88(70-109(112(110)122)123(107)113-100(80-42-27-20-28-43-80)74-95(119(13,14)15)75-101(113)81-44-29-21-30-45-81)97-53-39-54-99-98-52-37-38-55-104(98)121(111(97)99,89-50-35-24-36-51-89)90-60-56-79(57-61-90)78-40-25-19-26-41-78/h19-77H,1-18H3. The number of anilines is 6.